The lowest BCUT2D eigenvalue weighted by Crippen LogP contribution is -2.37. The maximum absolute atomic E-state index is 9.52. The molecule has 3 aromatic rings. The zero-order valence-electron chi connectivity index (χ0n) is 16.8. The number of pyridine rings is 1. The Labute approximate surface area is 169 Å². The van der Waals surface area contributed by atoms with Crippen molar-refractivity contribution in [3.05, 3.63) is 35.3 Å². The molecule has 4 rings (SSSR count). The van der Waals surface area contributed by atoms with Gasteiger partial charge in [-0.05, 0) is 26.0 Å². The van der Waals surface area contributed by atoms with E-state index in [4.69, 9.17) is 15.5 Å². The van der Waals surface area contributed by atoms with Crippen LogP contribution in [0.2, 0.25) is 0 Å². The van der Waals surface area contributed by atoms with Crippen molar-refractivity contribution in [1.29, 1.82) is 5.26 Å². The number of morpholine rings is 1. The second-order valence-corrected chi connectivity index (χ2v) is 7.19. The Hall–Kier alpha value is -3.38. The molecule has 0 amide bonds. The molecular formula is C20H24N8O. The Balaban J connectivity index is 1.77. The molecule has 3 N–H and O–H groups in total. The molecular weight excluding hydrogens is 368 g/mol. The Kier molecular flexibility index (Phi) is 4.94. The van der Waals surface area contributed by atoms with Gasteiger partial charge >= 0.3 is 0 Å². The van der Waals surface area contributed by atoms with Gasteiger partial charge in [0.15, 0.2) is 0 Å². The first-order valence-corrected chi connectivity index (χ1v) is 9.57. The van der Waals surface area contributed by atoms with Gasteiger partial charge < -0.3 is 25.3 Å². The summed E-state index contributed by atoms with van der Waals surface area (Å²) >= 11 is 0. The second kappa shape index (κ2) is 7.56. The quantitative estimate of drug-likeness (QED) is 0.693. The first-order chi connectivity index (χ1) is 14.0. The number of nitrogens with one attached hydrogen (secondary N) is 1. The Bertz CT molecular complexity index is 1090. The maximum Gasteiger partial charge on any atom is 0.222 e. The molecule has 0 aliphatic carbocycles. The van der Waals surface area contributed by atoms with Crippen LogP contribution in [0.5, 0.6) is 0 Å². The fraction of sp³-hybridized carbons (Fsp3) is 0.400. The average molecular weight is 392 g/mol. The van der Waals surface area contributed by atoms with Crippen molar-refractivity contribution in [3.63, 3.8) is 0 Å². The standard InChI is InChI=1S/C20H24N8O/c1-12-14(11-21)19(26-20(22)24-12)23-13(2)18-17(28-6-8-29-9-7-28)10-16-15(25-18)4-5-27(16)3/h4-5,10,13H,6-9H2,1-3H3,(H3,22,23,24,26)/t13-/m0/s1. The molecule has 0 saturated carbocycles. The van der Waals surface area contributed by atoms with Crippen LogP contribution < -0.4 is 16.0 Å². The fourth-order valence-corrected chi connectivity index (χ4v) is 3.67. The zero-order chi connectivity index (χ0) is 20.5. The molecule has 1 atom stereocenters. The number of nitrogens with zero attached hydrogens (tertiary/aromatic N) is 6. The summed E-state index contributed by atoms with van der Waals surface area (Å²) in [4.78, 5) is 15.6. The summed E-state index contributed by atoms with van der Waals surface area (Å²) in [6.07, 6.45) is 2.00. The molecule has 3 aromatic heterocycles. The fourth-order valence-electron chi connectivity index (χ4n) is 3.67. The lowest BCUT2D eigenvalue weighted by atomic mass is 10.1. The molecule has 0 bridgehead atoms. The van der Waals surface area contributed by atoms with Crippen molar-refractivity contribution in [1.82, 2.24) is 19.5 Å². The number of hydrogen-bond donors (Lipinski definition) is 2. The predicted molar refractivity (Wildman–Crippen MR) is 112 cm³/mol. The number of fused-ring (bicyclic) bond motifs is 1. The highest BCUT2D eigenvalue weighted by Gasteiger charge is 2.23. The number of rotatable bonds is 4. The first kappa shape index (κ1) is 19.0. The van der Waals surface area contributed by atoms with E-state index in [2.05, 4.69) is 36.9 Å². The van der Waals surface area contributed by atoms with Gasteiger partial charge in [-0.3, -0.25) is 0 Å². The van der Waals surface area contributed by atoms with Crippen LogP contribution >= 0.6 is 0 Å². The number of nitriles is 1. The highest BCUT2D eigenvalue weighted by atomic mass is 16.5. The molecule has 0 unspecified atom stereocenters. The molecule has 1 saturated heterocycles. The van der Waals surface area contributed by atoms with Crippen LogP contribution in [0.4, 0.5) is 17.5 Å². The van der Waals surface area contributed by atoms with Crippen molar-refractivity contribution in [2.24, 2.45) is 7.05 Å². The van der Waals surface area contributed by atoms with E-state index in [1.165, 1.54) is 0 Å². The molecule has 0 spiro atoms. The third kappa shape index (κ3) is 3.54. The molecule has 150 valence electrons. The van der Waals surface area contributed by atoms with Crippen LogP contribution in [0.1, 0.15) is 29.9 Å². The summed E-state index contributed by atoms with van der Waals surface area (Å²) in [6.45, 7) is 6.75. The number of anilines is 3. The van der Waals surface area contributed by atoms with Crippen LogP contribution in [0.15, 0.2) is 18.3 Å². The van der Waals surface area contributed by atoms with Gasteiger partial charge in [-0.25, -0.2) is 9.97 Å². The number of nitrogen functional groups attached to an aromatic ring is 1. The number of ether oxygens (including phenoxy) is 1. The summed E-state index contributed by atoms with van der Waals surface area (Å²) in [7, 11) is 2.01. The van der Waals surface area contributed by atoms with Gasteiger partial charge in [0, 0.05) is 26.3 Å². The summed E-state index contributed by atoms with van der Waals surface area (Å²) in [5.41, 5.74) is 10.7. The number of nitrogens with two attached hydrogens (primary N) is 1. The van der Waals surface area contributed by atoms with Crippen molar-refractivity contribution >= 4 is 28.5 Å². The van der Waals surface area contributed by atoms with Crippen molar-refractivity contribution < 1.29 is 4.74 Å². The predicted octanol–water partition coefficient (Wildman–Crippen LogP) is 2.14. The van der Waals surface area contributed by atoms with Gasteiger partial charge in [0.05, 0.1) is 47.4 Å². The summed E-state index contributed by atoms with van der Waals surface area (Å²) < 4.78 is 7.59. The van der Waals surface area contributed by atoms with Crippen LogP contribution in [-0.4, -0.2) is 45.8 Å². The van der Waals surface area contributed by atoms with E-state index in [0.717, 1.165) is 35.5 Å². The minimum Gasteiger partial charge on any atom is -0.378 e. The number of aromatic nitrogens is 4. The molecule has 9 nitrogen and oxygen atoms in total. The molecule has 9 heteroatoms. The molecule has 29 heavy (non-hydrogen) atoms. The van der Waals surface area contributed by atoms with Crippen molar-refractivity contribution in [2.75, 3.05) is 42.3 Å². The Morgan fingerprint density at radius 1 is 1.28 bits per heavy atom. The van der Waals surface area contributed by atoms with Gasteiger partial charge in [0.1, 0.15) is 17.5 Å². The van der Waals surface area contributed by atoms with Crippen LogP contribution in [-0.2, 0) is 11.8 Å². The third-order valence-electron chi connectivity index (χ3n) is 5.21. The summed E-state index contributed by atoms with van der Waals surface area (Å²) in [5, 5.41) is 12.9. The molecule has 1 aliphatic heterocycles. The summed E-state index contributed by atoms with van der Waals surface area (Å²) in [5.74, 6) is 0.559. The largest absolute Gasteiger partial charge is 0.378 e. The normalized spacial score (nSPS) is 15.3. The monoisotopic (exact) mass is 392 g/mol. The van der Waals surface area contributed by atoms with Gasteiger partial charge in [-0.2, -0.15) is 10.2 Å². The second-order valence-electron chi connectivity index (χ2n) is 7.19. The zero-order valence-corrected chi connectivity index (χ0v) is 16.8. The molecule has 1 fully saturated rings. The van der Waals surface area contributed by atoms with Crippen LogP contribution in [0.25, 0.3) is 11.0 Å². The molecule has 0 radical (unpaired) electrons. The Morgan fingerprint density at radius 3 is 2.76 bits per heavy atom. The Morgan fingerprint density at radius 2 is 2.03 bits per heavy atom. The molecule has 1 aliphatic rings. The minimum atomic E-state index is -0.196. The van der Waals surface area contributed by atoms with Crippen LogP contribution in [0, 0.1) is 18.3 Å². The maximum atomic E-state index is 9.52. The first-order valence-electron chi connectivity index (χ1n) is 9.57. The topological polar surface area (TPSA) is 118 Å². The van der Waals surface area contributed by atoms with E-state index in [9.17, 15) is 5.26 Å². The third-order valence-corrected chi connectivity index (χ3v) is 5.21. The van der Waals surface area contributed by atoms with E-state index < -0.39 is 0 Å². The van der Waals surface area contributed by atoms with Gasteiger partial charge in [0.2, 0.25) is 5.95 Å². The van der Waals surface area contributed by atoms with E-state index in [0.29, 0.717) is 30.3 Å². The van der Waals surface area contributed by atoms with Crippen LogP contribution in [0.3, 0.4) is 0 Å². The lowest BCUT2D eigenvalue weighted by molar-refractivity contribution is 0.122. The number of hydrogen-bond acceptors (Lipinski definition) is 8. The minimum absolute atomic E-state index is 0.135. The SMILES string of the molecule is Cc1nc(N)nc(N[C@@H](C)c2nc3ccn(C)c3cc2N2CCOCC2)c1C#N. The number of aryl methyl sites for hydroxylation is 2. The van der Waals surface area contributed by atoms with Crippen molar-refractivity contribution in [3.8, 4) is 6.07 Å². The molecule has 0 aromatic carbocycles. The van der Waals surface area contributed by atoms with Gasteiger partial charge in [0.25, 0.3) is 0 Å². The van der Waals surface area contributed by atoms with E-state index >= 15 is 0 Å². The molecule has 4 heterocycles. The smallest absolute Gasteiger partial charge is 0.222 e. The highest BCUT2D eigenvalue weighted by Crippen LogP contribution is 2.32. The van der Waals surface area contributed by atoms with Gasteiger partial charge in [-0.15, -0.1) is 0 Å². The summed E-state index contributed by atoms with van der Waals surface area (Å²) in [6, 6.07) is 6.14. The highest BCUT2D eigenvalue weighted by molar-refractivity contribution is 5.81. The van der Waals surface area contributed by atoms with E-state index in [1.54, 1.807) is 6.92 Å². The average Bonchev–Trinajstić information content (AvgIpc) is 3.07. The van der Waals surface area contributed by atoms with E-state index in [1.807, 2.05) is 26.2 Å². The van der Waals surface area contributed by atoms with Crippen molar-refractivity contribution in [2.45, 2.75) is 19.9 Å². The van der Waals surface area contributed by atoms with Gasteiger partial charge in [-0.1, -0.05) is 0 Å². The lowest BCUT2D eigenvalue weighted by Gasteiger charge is -2.31. The van der Waals surface area contributed by atoms with E-state index in [-0.39, 0.29) is 12.0 Å².